The molecule has 1 aliphatic rings. The number of hydrogen-bond donors (Lipinski definition) is 1. The summed E-state index contributed by atoms with van der Waals surface area (Å²) in [4.78, 5) is 18.4. The average molecular weight is 513 g/mol. The number of aromatic nitrogens is 5. The summed E-state index contributed by atoms with van der Waals surface area (Å²) in [5.74, 6) is 2.96. The number of nitrogens with zero attached hydrogens (tertiary/aromatic N) is 5. The molecular weight excluding hydrogens is 484 g/mol. The Balaban J connectivity index is 1.38. The summed E-state index contributed by atoms with van der Waals surface area (Å²) in [5.41, 5.74) is 2.27. The molecule has 1 unspecified atom stereocenters. The van der Waals surface area contributed by atoms with Crippen LogP contribution in [0.25, 0.3) is 10.9 Å². The van der Waals surface area contributed by atoms with Crippen LogP contribution < -0.4 is 15.0 Å². The van der Waals surface area contributed by atoms with Gasteiger partial charge in [0.05, 0.1) is 30.9 Å². The van der Waals surface area contributed by atoms with E-state index >= 15 is 0 Å². The fourth-order valence-corrected chi connectivity index (χ4v) is 5.01. The van der Waals surface area contributed by atoms with Crippen molar-refractivity contribution in [3.05, 3.63) is 100.0 Å². The second-order valence-electron chi connectivity index (χ2n) is 9.77. The summed E-state index contributed by atoms with van der Waals surface area (Å²) in [7, 11) is 0. The number of H-pyrrole nitrogens is 1. The van der Waals surface area contributed by atoms with E-state index in [4.69, 9.17) is 13.9 Å². The Bertz CT molecular complexity index is 1590. The molecule has 0 spiro atoms. The van der Waals surface area contributed by atoms with Gasteiger partial charge in [0.15, 0.2) is 17.3 Å². The minimum atomic E-state index is -0.189. The maximum atomic E-state index is 13.2. The van der Waals surface area contributed by atoms with Crippen LogP contribution in [0.15, 0.2) is 76.1 Å². The van der Waals surface area contributed by atoms with Crippen molar-refractivity contribution in [1.29, 1.82) is 0 Å². The van der Waals surface area contributed by atoms with Crippen molar-refractivity contribution in [3.63, 3.8) is 0 Å². The predicted molar refractivity (Wildman–Crippen MR) is 140 cm³/mol. The number of benzene rings is 2. The standard InChI is InChI=1S/C28H28N6O4/c1-18(2)26(27-30-31-32-34(27)14-19-7-4-3-5-8-19)33(16-22-9-6-10-36-22)15-21-11-20-12-24-25(38-17-37-24)13-23(20)29-28(21)35/h3-13,18,26H,14-17H2,1-2H3,(H,29,35). The van der Waals surface area contributed by atoms with Gasteiger partial charge in [0.2, 0.25) is 6.79 Å². The van der Waals surface area contributed by atoms with Gasteiger partial charge in [-0.15, -0.1) is 5.10 Å². The fourth-order valence-electron chi connectivity index (χ4n) is 5.01. The zero-order chi connectivity index (χ0) is 26.1. The first-order valence-corrected chi connectivity index (χ1v) is 12.6. The Kier molecular flexibility index (Phi) is 6.38. The second kappa shape index (κ2) is 10.1. The van der Waals surface area contributed by atoms with Crippen LogP contribution in [0.4, 0.5) is 0 Å². The molecular formula is C28H28N6O4. The Labute approximate surface area is 218 Å². The van der Waals surface area contributed by atoms with Gasteiger partial charge >= 0.3 is 0 Å². The molecule has 0 amide bonds. The van der Waals surface area contributed by atoms with E-state index in [9.17, 15) is 4.79 Å². The second-order valence-corrected chi connectivity index (χ2v) is 9.77. The lowest BCUT2D eigenvalue weighted by Crippen LogP contribution is -2.35. The monoisotopic (exact) mass is 512 g/mol. The summed E-state index contributed by atoms with van der Waals surface area (Å²) in [6.45, 7) is 5.82. The molecule has 0 radical (unpaired) electrons. The molecule has 194 valence electrons. The molecule has 4 heterocycles. The van der Waals surface area contributed by atoms with Crippen molar-refractivity contribution in [2.24, 2.45) is 5.92 Å². The highest BCUT2D eigenvalue weighted by Gasteiger charge is 2.31. The number of pyridine rings is 1. The highest BCUT2D eigenvalue weighted by atomic mass is 16.7. The van der Waals surface area contributed by atoms with Crippen LogP contribution in [0.2, 0.25) is 0 Å². The van der Waals surface area contributed by atoms with Crippen LogP contribution in [0.3, 0.4) is 0 Å². The molecule has 10 heteroatoms. The molecule has 1 N–H and O–H groups in total. The molecule has 0 bridgehead atoms. The van der Waals surface area contributed by atoms with Gasteiger partial charge in [-0.05, 0) is 46.2 Å². The SMILES string of the molecule is CC(C)C(c1nnnn1Cc1ccccc1)N(Cc1ccco1)Cc1cc2cc3c(cc2[nH]c1=O)OCO3. The summed E-state index contributed by atoms with van der Waals surface area (Å²) >= 11 is 0. The van der Waals surface area contributed by atoms with Crippen LogP contribution in [0.1, 0.15) is 42.6 Å². The first-order valence-electron chi connectivity index (χ1n) is 12.6. The molecule has 0 saturated heterocycles. The number of furan rings is 1. The lowest BCUT2D eigenvalue weighted by atomic mass is 10.00. The van der Waals surface area contributed by atoms with E-state index in [-0.39, 0.29) is 24.3 Å². The van der Waals surface area contributed by atoms with Gasteiger partial charge in [-0.1, -0.05) is 44.2 Å². The number of rotatable bonds is 9. The lowest BCUT2D eigenvalue weighted by molar-refractivity contribution is 0.116. The average Bonchev–Trinajstić information content (AvgIpc) is 3.67. The van der Waals surface area contributed by atoms with Gasteiger partial charge in [-0.25, -0.2) is 4.68 Å². The molecule has 1 atom stereocenters. The quantitative estimate of drug-likeness (QED) is 0.311. The topological polar surface area (TPSA) is 111 Å². The molecule has 10 nitrogen and oxygen atoms in total. The maximum absolute atomic E-state index is 13.2. The minimum Gasteiger partial charge on any atom is -0.468 e. The molecule has 3 aromatic heterocycles. The van der Waals surface area contributed by atoms with Gasteiger partial charge in [-0.2, -0.15) is 0 Å². The Morgan fingerprint density at radius 3 is 2.61 bits per heavy atom. The highest BCUT2D eigenvalue weighted by Crippen LogP contribution is 2.36. The molecule has 0 saturated carbocycles. The summed E-state index contributed by atoms with van der Waals surface area (Å²) in [6, 6.07) is 19.3. The number of tetrazole rings is 1. The molecule has 1 aliphatic heterocycles. The van der Waals surface area contributed by atoms with Crippen LogP contribution in [-0.2, 0) is 19.6 Å². The normalized spacial score (nSPS) is 13.6. The smallest absolute Gasteiger partial charge is 0.252 e. The van der Waals surface area contributed by atoms with E-state index < -0.39 is 0 Å². The van der Waals surface area contributed by atoms with Crippen molar-refractivity contribution in [2.45, 2.75) is 39.5 Å². The molecule has 5 aromatic rings. The minimum absolute atomic E-state index is 0.138. The summed E-state index contributed by atoms with van der Waals surface area (Å²) < 4.78 is 18.6. The third kappa shape index (κ3) is 4.78. The van der Waals surface area contributed by atoms with Gasteiger partial charge < -0.3 is 18.9 Å². The highest BCUT2D eigenvalue weighted by molar-refractivity contribution is 5.83. The van der Waals surface area contributed by atoms with E-state index in [1.165, 1.54) is 0 Å². The first-order chi connectivity index (χ1) is 18.5. The maximum Gasteiger partial charge on any atom is 0.252 e. The number of aromatic amines is 1. The fraction of sp³-hybridized carbons (Fsp3) is 0.286. The third-order valence-electron chi connectivity index (χ3n) is 6.75. The van der Waals surface area contributed by atoms with Crippen molar-refractivity contribution in [1.82, 2.24) is 30.1 Å². The van der Waals surface area contributed by atoms with Gasteiger partial charge in [0.1, 0.15) is 5.76 Å². The van der Waals surface area contributed by atoms with Crippen molar-refractivity contribution in [3.8, 4) is 11.5 Å². The van der Waals surface area contributed by atoms with E-state index in [1.54, 1.807) is 12.3 Å². The van der Waals surface area contributed by atoms with E-state index in [0.717, 1.165) is 22.5 Å². The van der Waals surface area contributed by atoms with E-state index in [2.05, 4.69) is 51.4 Å². The summed E-state index contributed by atoms with van der Waals surface area (Å²) in [6.07, 6.45) is 1.66. The van der Waals surface area contributed by atoms with E-state index in [0.29, 0.717) is 42.2 Å². The number of nitrogens with one attached hydrogen (secondary N) is 1. The lowest BCUT2D eigenvalue weighted by Gasteiger charge is -2.33. The van der Waals surface area contributed by atoms with Crippen molar-refractivity contribution >= 4 is 10.9 Å². The third-order valence-corrected chi connectivity index (χ3v) is 6.75. The van der Waals surface area contributed by atoms with Crippen molar-refractivity contribution in [2.75, 3.05) is 6.79 Å². The van der Waals surface area contributed by atoms with Gasteiger partial charge in [0, 0.05) is 23.6 Å². The molecule has 2 aromatic carbocycles. The molecule has 38 heavy (non-hydrogen) atoms. The van der Waals surface area contributed by atoms with Crippen LogP contribution in [-0.4, -0.2) is 36.9 Å². The zero-order valence-electron chi connectivity index (χ0n) is 21.2. The molecule has 6 rings (SSSR count). The van der Waals surface area contributed by atoms with Gasteiger partial charge in [0.25, 0.3) is 5.56 Å². The number of fused-ring (bicyclic) bond motifs is 2. The Morgan fingerprint density at radius 1 is 1.03 bits per heavy atom. The molecule has 0 aliphatic carbocycles. The summed E-state index contributed by atoms with van der Waals surface area (Å²) in [5, 5.41) is 13.6. The van der Waals surface area contributed by atoms with Crippen LogP contribution in [0.5, 0.6) is 11.5 Å². The number of hydrogen-bond acceptors (Lipinski definition) is 8. The first kappa shape index (κ1) is 23.9. The Morgan fingerprint density at radius 2 is 1.84 bits per heavy atom. The van der Waals surface area contributed by atoms with Gasteiger partial charge in [-0.3, -0.25) is 9.69 Å². The number of ether oxygens (including phenoxy) is 2. The zero-order valence-corrected chi connectivity index (χ0v) is 21.2. The Hall–Kier alpha value is -4.44. The largest absolute Gasteiger partial charge is 0.468 e. The predicted octanol–water partition coefficient (Wildman–Crippen LogP) is 4.28. The van der Waals surface area contributed by atoms with Crippen LogP contribution in [0, 0.1) is 5.92 Å². The molecule has 0 fully saturated rings. The van der Waals surface area contributed by atoms with E-state index in [1.807, 2.05) is 47.1 Å². The van der Waals surface area contributed by atoms with Crippen LogP contribution >= 0.6 is 0 Å². The van der Waals surface area contributed by atoms with Crippen molar-refractivity contribution < 1.29 is 13.9 Å².